The summed E-state index contributed by atoms with van der Waals surface area (Å²) < 4.78 is 43.8. The van der Waals surface area contributed by atoms with E-state index in [1.165, 1.54) is 18.2 Å². The van der Waals surface area contributed by atoms with Crippen LogP contribution in [0.1, 0.15) is 35.2 Å². The van der Waals surface area contributed by atoms with Crippen LogP contribution in [0, 0.1) is 11.3 Å². The number of carbonyl (C=O) groups is 2. The summed E-state index contributed by atoms with van der Waals surface area (Å²) in [5.41, 5.74) is -1.54. The van der Waals surface area contributed by atoms with Gasteiger partial charge in [-0.15, -0.1) is 0 Å². The number of methoxy groups -OCH3 is 1. The highest BCUT2D eigenvalue weighted by atomic mass is 19.4. The smallest absolute Gasteiger partial charge is 0.418 e. The molecule has 1 atom stereocenters. The first-order valence-corrected chi connectivity index (χ1v) is 7.67. The van der Waals surface area contributed by atoms with Crippen LogP contribution in [0.3, 0.4) is 0 Å². The zero-order chi connectivity index (χ0) is 17.5. The zero-order valence-electron chi connectivity index (χ0n) is 13.1. The predicted molar refractivity (Wildman–Crippen MR) is 76.9 cm³/mol. The van der Waals surface area contributed by atoms with Crippen molar-refractivity contribution in [3.63, 3.8) is 0 Å². The minimum absolute atomic E-state index is 0.144. The minimum atomic E-state index is -4.62. The van der Waals surface area contributed by atoms with Crippen molar-refractivity contribution in [2.24, 2.45) is 11.3 Å². The number of ether oxygens (including phenoxy) is 1. The second kappa shape index (κ2) is 5.75. The number of piperidine rings is 1. The van der Waals surface area contributed by atoms with E-state index < -0.39 is 17.6 Å². The Morgan fingerprint density at radius 3 is 2.58 bits per heavy atom. The molecule has 1 aliphatic heterocycles. The highest BCUT2D eigenvalue weighted by Gasteiger charge is 2.59. The van der Waals surface area contributed by atoms with Gasteiger partial charge < -0.3 is 9.64 Å². The summed E-state index contributed by atoms with van der Waals surface area (Å²) in [5, 5.41) is 0. The number of pyridine rings is 1. The summed E-state index contributed by atoms with van der Waals surface area (Å²) in [4.78, 5) is 29.0. The molecule has 0 radical (unpaired) electrons. The summed E-state index contributed by atoms with van der Waals surface area (Å²) in [7, 11) is 1.34. The summed E-state index contributed by atoms with van der Waals surface area (Å²) in [6, 6.07) is 1.10. The van der Waals surface area contributed by atoms with Gasteiger partial charge in [-0.25, -0.2) is 0 Å². The van der Waals surface area contributed by atoms with Crippen molar-refractivity contribution >= 4 is 11.9 Å². The first-order chi connectivity index (χ1) is 11.3. The predicted octanol–water partition coefficient (Wildman–Crippen LogP) is 2.52. The Kier molecular flexibility index (Phi) is 4.01. The highest BCUT2D eigenvalue weighted by molar-refractivity contribution is 5.95. The van der Waals surface area contributed by atoms with Crippen molar-refractivity contribution in [3.05, 3.63) is 29.6 Å². The number of rotatable bonds is 2. The van der Waals surface area contributed by atoms with E-state index in [0.717, 1.165) is 12.5 Å². The molecule has 0 unspecified atom stereocenters. The topological polar surface area (TPSA) is 59.5 Å². The number of hydrogen-bond acceptors (Lipinski definition) is 4. The van der Waals surface area contributed by atoms with Gasteiger partial charge in [-0.3, -0.25) is 14.6 Å². The molecule has 5 nitrogen and oxygen atoms in total. The van der Waals surface area contributed by atoms with E-state index in [4.69, 9.17) is 4.74 Å². The van der Waals surface area contributed by atoms with Crippen LogP contribution >= 0.6 is 0 Å². The average Bonchev–Trinajstić information content (AvgIpc) is 3.27. The van der Waals surface area contributed by atoms with Gasteiger partial charge in [-0.05, 0) is 30.7 Å². The molecule has 2 heterocycles. The van der Waals surface area contributed by atoms with Crippen LogP contribution in [0.2, 0.25) is 0 Å². The van der Waals surface area contributed by atoms with Crippen molar-refractivity contribution in [2.45, 2.75) is 25.4 Å². The van der Waals surface area contributed by atoms with Gasteiger partial charge in [0.2, 0.25) is 0 Å². The lowest BCUT2D eigenvalue weighted by atomic mass is 9.90. The van der Waals surface area contributed by atoms with Gasteiger partial charge in [0.25, 0.3) is 5.91 Å². The van der Waals surface area contributed by atoms with Crippen molar-refractivity contribution in [1.29, 1.82) is 0 Å². The maximum atomic E-state index is 13.0. The van der Waals surface area contributed by atoms with E-state index in [1.807, 2.05) is 0 Å². The molecule has 2 fully saturated rings. The molecule has 8 heteroatoms. The summed E-state index contributed by atoms with van der Waals surface area (Å²) >= 11 is 0. The minimum Gasteiger partial charge on any atom is -0.469 e. The van der Waals surface area contributed by atoms with Crippen LogP contribution in [0.25, 0.3) is 0 Å². The molecule has 0 N–H and O–H groups in total. The molecular formula is C16H17F3N2O3. The second-order valence-electron chi connectivity index (χ2n) is 6.35. The standard InChI is InChI=1S/C16H17F3N2O3/c1-24-14(23)11-8-15(11)3-6-21(7-4-15)13(22)10-2-5-20-9-12(10)16(17,18)19/h2,5,9,11H,3-4,6-8H2,1H3/t11-/m1/s1. The molecule has 0 bridgehead atoms. The van der Waals surface area contributed by atoms with Gasteiger partial charge in [0.15, 0.2) is 0 Å². The van der Waals surface area contributed by atoms with Gasteiger partial charge in [-0.1, -0.05) is 0 Å². The third-order valence-electron chi connectivity index (χ3n) is 5.08. The molecule has 1 amide bonds. The number of esters is 1. The van der Waals surface area contributed by atoms with E-state index >= 15 is 0 Å². The molecule has 130 valence electrons. The maximum Gasteiger partial charge on any atom is 0.418 e. The Balaban J connectivity index is 1.70. The van der Waals surface area contributed by atoms with Crippen LogP contribution < -0.4 is 0 Å². The maximum absolute atomic E-state index is 13.0. The van der Waals surface area contributed by atoms with Gasteiger partial charge >= 0.3 is 12.1 Å². The summed E-state index contributed by atoms with van der Waals surface area (Å²) in [6.45, 7) is 0.678. The molecular weight excluding hydrogens is 325 g/mol. The van der Waals surface area contributed by atoms with Crippen LogP contribution in [-0.4, -0.2) is 42.0 Å². The molecule has 1 saturated carbocycles. The molecule has 3 rings (SSSR count). The lowest BCUT2D eigenvalue weighted by molar-refractivity contribution is -0.143. The van der Waals surface area contributed by atoms with Gasteiger partial charge in [0, 0.05) is 25.5 Å². The second-order valence-corrected chi connectivity index (χ2v) is 6.35. The number of likely N-dealkylation sites (tertiary alicyclic amines) is 1. The Morgan fingerprint density at radius 1 is 1.33 bits per heavy atom. The van der Waals surface area contributed by atoms with E-state index in [2.05, 4.69) is 4.98 Å². The van der Waals surface area contributed by atoms with Gasteiger partial charge in [0.05, 0.1) is 24.2 Å². The van der Waals surface area contributed by atoms with Gasteiger partial charge in [0.1, 0.15) is 0 Å². The Bertz CT molecular complexity index is 667. The Labute approximate surface area is 136 Å². The molecule has 1 aliphatic carbocycles. The number of hydrogen-bond donors (Lipinski definition) is 0. The van der Waals surface area contributed by atoms with Crippen LogP contribution in [0.4, 0.5) is 13.2 Å². The van der Waals surface area contributed by atoms with Crippen molar-refractivity contribution in [2.75, 3.05) is 20.2 Å². The fourth-order valence-electron chi connectivity index (χ4n) is 3.51. The first kappa shape index (κ1) is 16.7. The fourth-order valence-corrected chi connectivity index (χ4v) is 3.51. The molecule has 1 saturated heterocycles. The Morgan fingerprint density at radius 2 is 2.00 bits per heavy atom. The highest BCUT2D eigenvalue weighted by Crippen LogP contribution is 2.59. The van der Waals surface area contributed by atoms with E-state index in [1.54, 1.807) is 0 Å². The molecule has 1 aromatic heterocycles. The first-order valence-electron chi connectivity index (χ1n) is 7.67. The number of nitrogens with zero attached hydrogens (tertiary/aromatic N) is 2. The lowest BCUT2D eigenvalue weighted by Gasteiger charge is -2.33. The third-order valence-corrected chi connectivity index (χ3v) is 5.08. The van der Waals surface area contributed by atoms with E-state index in [9.17, 15) is 22.8 Å². The number of alkyl halides is 3. The van der Waals surface area contributed by atoms with Crippen LogP contribution in [0.5, 0.6) is 0 Å². The van der Waals surface area contributed by atoms with Crippen molar-refractivity contribution < 1.29 is 27.5 Å². The number of aromatic nitrogens is 1. The fraction of sp³-hybridized carbons (Fsp3) is 0.562. The zero-order valence-corrected chi connectivity index (χ0v) is 13.1. The van der Waals surface area contributed by atoms with E-state index in [-0.39, 0.29) is 22.9 Å². The SMILES string of the molecule is COC(=O)[C@H]1CC12CCN(C(=O)c1ccncc1C(F)(F)F)CC2. The summed E-state index contributed by atoms with van der Waals surface area (Å²) in [5.74, 6) is -1.04. The number of halogens is 3. The van der Waals surface area contributed by atoms with Crippen LogP contribution in [-0.2, 0) is 15.7 Å². The molecule has 2 aliphatic rings. The van der Waals surface area contributed by atoms with Crippen molar-refractivity contribution in [1.82, 2.24) is 9.88 Å². The monoisotopic (exact) mass is 342 g/mol. The summed E-state index contributed by atoms with van der Waals surface area (Å²) in [6.07, 6.45) is -0.835. The number of carbonyl (C=O) groups excluding carboxylic acids is 2. The lowest BCUT2D eigenvalue weighted by Crippen LogP contribution is -2.40. The number of amides is 1. The molecule has 0 aromatic carbocycles. The molecule has 1 aromatic rings. The normalized spacial score (nSPS) is 22.3. The van der Waals surface area contributed by atoms with Gasteiger partial charge in [-0.2, -0.15) is 13.2 Å². The molecule has 1 spiro atoms. The third kappa shape index (κ3) is 2.85. The molecule has 24 heavy (non-hydrogen) atoms. The van der Waals surface area contributed by atoms with Crippen LogP contribution in [0.15, 0.2) is 18.5 Å². The quantitative estimate of drug-likeness (QED) is 0.775. The average molecular weight is 342 g/mol. The van der Waals surface area contributed by atoms with E-state index in [0.29, 0.717) is 32.1 Å². The van der Waals surface area contributed by atoms with Crippen molar-refractivity contribution in [3.8, 4) is 0 Å². The largest absolute Gasteiger partial charge is 0.469 e. The Hall–Kier alpha value is -2.12.